The molecule has 4 rings (SSSR count). The summed E-state index contributed by atoms with van der Waals surface area (Å²) in [4.78, 5) is 15.0. The third-order valence-corrected chi connectivity index (χ3v) is 6.95. The highest BCUT2D eigenvalue weighted by Crippen LogP contribution is 2.28. The van der Waals surface area contributed by atoms with Crippen molar-refractivity contribution in [2.75, 3.05) is 34.4 Å². The first kappa shape index (κ1) is 26.7. The van der Waals surface area contributed by atoms with Crippen LogP contribution in [0.15, 0.2) is 59.1 Å². The van der Waals surface area contributed by atoms with Gasteiger partial charge in [0.05, 0.1) is 26.5 Å². The molecular formula is C29H38N4O4. The van der Waals surface area contributed by atoms with Crippen molar-refractivity contribution in [3.8, 4) is 11.5 Å². The second-order valence-corrected chi connectivity index (χ2v) is 9.83. The fourth-order valence-corrected chi connectivity index (χ4v) is 5.00. The van der Waals surface area contributed by atoms with E-state index in [1.807, 2.05) is 24.3 Å². The van der Waals surface area contributed by atoms with Crippen molar-refractivity contribution in [2.24, 2.45) is 11.8 Å². The summed E-state index contributed by atoms with van der Waals surface area (Å²) in [5.41, 5.74) is 3.19. The molecule has 2 heterocycles. The molecule has 8 nitrogen and oxygen atoms in total. The lowest BCUT2D eigenvalue weighted by Crippen LogP contribution is -2.40. The van der Waals surface area contributed by atoms with Gasteiger partial charge in [-0.15, -0.1) is 0 Å². The third-order valence-electron chi connectivity index (χ3n) is 6.95. The normalized spacial score (nSPS) is 17.5. The Balaban J connectivity index is 1.27. The summed E-state index contributed by atoms with van der Waals surface area (Å²) in [7, 11) is 5.30. The first-order valence-electron chi connectivity index (χ1n) is 12.9. The summed E-state index contributed by atoms with van der Waals surface area (Å²) >= 11 is 0. The predicted molar refractivity (Wildman–Crippen MR) is 142 cm³/mol. The number of carbonyl (C=O) groups is 1. The molecule has 0 saturated carbocycles. The summed E-state index contributed by atoms with van der Waals surface area (Å²) in [6.07, 6.45) is 2.27. The number of hydrogen-bond donors (Lipinski definition) is 2. The number of amides is 1. The van der Waals surface area contributed by atoms with Gasteiger partial charge in [0, 0.05) is 25.6 Å². The molecule has 0 bridgehead atoms. The quantitative estimate of drug-likeness (QED) is 0.386. The Kier molecular flexibility index (Phi) is 9.57. The van der Waals surface area contributed by atoms with E-state index in [4.69, 9.17) is 14.0 Å². The molecule has 2 N–H and O–H groups in total. The van der Waals surface area contributed by atoms with Gasteiger partial charge in [0.15, 0.2) is 17.3 Å². The third kappa shape index (κ3) is 7.81. The molecule has 1 aromatic heterocycles. The van der Waals surface area contributed by atoms with Gasteiger partial charge < -0.3 is 24.6 Å². The zero-order chi connectivity index (χ0) is 26.0. The van der Waals surface area contributed by atoms with Gasteiger partial charge in [-0.1, -0.05) is 41.6 Å². The van der Waals surface area contributed by atoms with E-state index in [2.05, 4.69) is 58.1 Å². The molecule has 198 valence electrons. The lowest BCUT2D eigenvalue weighted by molar-refractivity contribution is -0.122. The number of piperidine rings is 1. The first-order valence-corrected chi connectivity index (χ1v) is 12.9. The molecule has 2 atom stereocenters. The van der Waals surface area contributed by atoms with Crippen LogP contribution < -0.4 is 20.1 Å². The Morgan fingerprint density at radius 1 is 1.05 bits per heavy atom. The second-order valence-electron chi connectivity index (χ2n) is 9.83. The molecule has 0 aliphatic carbocycles. The van der Waals surface area contributed by atoms with Gasteiger partial charge in [0.1, 0.15) is 0 Å². The van der Waals surface area contributed by atoms with Crippen molar-refractivity contribution < 1.29 is 18.8 Å². The van der Waals surface area contributed by atoms with Crippen LogP contribution in [0.3, 0.4) is 0 Å². The maximum absolute atomic E-state index is 12.8. The van der Waals surface area contributed by atoms with Gasteiger partial charge in [-0.2, -0.15) is 0 Å². The number of aromatic nitrogens is 1. The number of carbonyl (C=O) groups excluding carboxylic acids is 1. The zero-order valence-electron chi connectivity index (χ0n) is 22.0. The first-order chi connectivity index (χ1) is 18.0. The van der Waals surface area contributed by atoms with E-state index in [1.165, 1.54) is 5.56 Å². The number of methoxy groups -OCH3 is 2. The largest absolute Gasteiger partial charge is 0.493 e. The summed E-state index contributed by atoms with van der Waals surface area (Å²) in [6.45, 7) is 3.82. The van der Waals surface area contributed by atoms with Crippen LogP contribution in [0.5, 0.6) is 11.5 Å². The molecule has 1 aliphatic rings. The summed E-state index contributed by atoms with van der Waals surface area (Å²) < 4.78 is 16.3. The van der Waals surface area contributed by atoms with Gasteiger partial charge in [-0.3, -0.25) is 9.69 Å². The SMILES string of the molecule is COc1ccc(CNC(=O)C[C@@H]2CCNC[C@H]2Cc2cc(CN(C)Cc3ccccc3)on2)cc1OC. The predicted octanol–water partition coefficient (Wildman–Crippen LogP) is 3.80. The standard InChI is InChI=1S/C29H38N4O4/c1-33(19-21-7-5-4-6-8-21)20-26-16-25(32-37-26)14-24-18-30-12-11-23(24)15-29(34)31-17-22-9-10-27(35-2)28(13-22)36-3/h4-10,13,16,23-24,30H,11-12,14-15,17-20H2,1-3H3,(H,31,34)/t23-,24+/m0/s1. The molecule has 2 aromatic carbocycles. The van der Waals surface area contributed by atoms with Crippen molar-refractivity contribution in [3.05, 3.63) is 77.2 Å². The van der Waals surface area contributed by atoms with Crippen LogP contribution in [0.1, 0.15) is 35.4 Å². The maximum Gasteiger partial charge on any atom is 0.220 e. The van der Waals surface area contributed by atoms with Crippen LogP contribution in [0.4, 0.5) is 0 Å². The van der Waals surface area contributed by atoms with Crippen molar-refractivity contribution in [2.45, 2.75) is 38.9 Å². The smallest absolute Gasteiger partial charge is 0.220 e. The van der Waals surface area contributed by atoms with Crippen LogP contribution in [0, 0.1) is 11.8 Å². The van der Waals surface area contributed by atoms with E-state index >= 15 is 0 Å². The van der Waals surface area contributed by atoms with Crippen LogP contribution >= 0.6 is 0 Å². The van der Waals surface area contributed by atoms with E-state index in [-0.39, 0.29) is 5.91 Å². The maximum atomic E-state index is 12.8. The van der Waals surface area contributed by atoms with Crippen molar-refractivity contribution >= 4 is 5.91 Å². The second kappa shape index (κ2) is 13.3. The monoisotopic (exact) mass is 506 g/mol. The molecule has 0 unspecified atom stereocenters. The molecule has 1 aliphatic heterocycles. The molecule has 0 spiro atoms. The van der Waals surface area contributed by atoms with Crippen LogP contribution in [-0.2, 0) is 30.8 Å². The number of nitrogens with zero attached hydrogens (tertiary/aromatic N) is 2. The number of rotatable bonds is 12. The lowest BCUT2D eigenvalue weighted by Gasteiger charge is -2.31. The Labute approximate surface area is 219 Å². The van der Waals surface area contributed by atoms with E-state index in [0.717, 1.165) is 49.5 Å². The summed E-state index contributed by atoms with van der Waals surface area (Å²) in [5.74, 6) is 2.89. The average Bonchev–Trinajstić information content (AvgIpc) is 3.35. The van der Waals surface area contributed by atoms with Crippen LogP contribution in [-0.4, -0.2) is 50.3 Å². The molecule has 37 heavy (non-hydrogen) atoms. The lowest BCUT2D eigenvalue weighted by atomic mass is 9.81. The Morgan fingerprint density at radius 3 is 2.65 bits per heavy atom. The number of benzene rings is 2. The summed E-state index contributed by atoms with van der Waals surface area (Å²) in [5, 5.41) is 10.9. The van der Waals surface area contributed by atoms with E-state index < -0.39 is 0 Å². The Bertz CT molecular complexity index is 1130. The minimum atomic E-state index is 0.0649. The average molecular weight is 507 g/mol. The number of ether oxygens (including phenoxy) is 2. The molecule has 1 amide bonds. The van der Waals surface area contributed by atoms with Crippen molar-refractivity contribution in [1.29, 1.82) is 0 Å². The van der Waals surface area contributed by atoms with E-state index in [0.29, 0.717) is 42.8 Å². The molecule has 0 radical (unpaired) electrons. The fraction of sp³-hybridized carbons (Fsp3) is 0.448. The topological polar surface area (TPSA) is 88.9 Å². The van der Waals surface area contributed by atoms with E-state index in [1.54, 1.807) is 14.2 Å². The van der Waals surface area contributed by atoms with Gasteiger partial charge in [-0.25, -0.2) is 0 Å². The van der Waals surface area contributed by atoms with Crippen LogP contribution in [0.25, 0.3) is 0 Å². The van der Waals surface area contributed by atoms with Crippen molar-refractivity contribution in [3.63, 3.8) is 0 Å². The minimum Gasteiger partial charge on any atom is -0.493 e. The van der Waals surface area contributed by atoms with Gasteiger partial charge in [0.2, 0.25) is 5.91 Å². The Morgan fingerprint density at radius 2 is 1.86 bits per heavy atom. The number of nitrogens with one attached hydrogen (secondary N) is 2. The molecule has 1 fully saturated rings. The zero-order valence-corrected chi connectivity index (χ0v) is 22.0. The number of hydrogen-bond acceptors (Lipinski definition) is 7. The fourth-order valence-electron chi connectivity index (χ4n) is 5.00. The molecular weight excluding hydrogens is 468 g/mol. The Hall–Kier alpha value is -3.36. The highest BCUT2D eigenvalue weighted by Gasteiger charge is 2.28. The minimum absolute atomic E-state index is 0.0649. The van der Waals surface area contributed by atoms with E-state index in [9.17, 15) is 4.79 Å². The summed E-state index contributed by atoms with van der Waals surface area (Å²) in [6, 6.07) is 18.1. The highest BCUT2D eigenvalue weighted by atomic mass is 16.5. The molecule has 1 saturated heterocycles. The van der Waals surface area contributed by atoms with Gasteiger partial charge >= 0.3 is 0 Å². The van der Waals surface area contributed by atoms with Crippen molar-refractivity contribution in [1.82, 2.24) is 20.7 Å². The van der Waals surface area contributed by atoms with Crippen LogP contribution in [0.2, 0.25) is 0 Å². The van der Waals surface area contributed by atoms with Gasteiger partial charge in [0.25, 0.3) is 0 Å². The molecule has 3 aromatic rings. The van der Waals surface area contributed by atoms with Gasteiger partial charge in [-0.05, 0) is 68.1 Å². The highest BCUT2D eigenvalue weighted by molar-refractivity contribution is 5.76. The molecule has 8 heteroatoms.